The molecule has 0 atom stereocenters. The van der Waals surface area contributed by atoms with Crippen molar-refractivity contribution >= 4 is 29.0 Å². The highest BCUT2D eigenvalue weighted by Crippen LogP contribution is 2.43. The Balaban J connectivity index is 2.02. The van der Waals surface area contributed by atoms with E-state index in [1.54, 1.807) is 12.1 Å². The molecule has 3 heteroatoms. The zero-order valence-electron chi connectivity index (χ0n) is 11.6. The molecule has 1 fully saturated rings. The van der Waals surface area contributed by atoms with E-state index in [-0.39, 0.29) is 5.78 Å². The zero-order valence-corrected chi connectivity index (χ0v) is 13.1. The molecule has 0 unspecified atom stereocenters. The van der Waals surface area contributed by atoms with Crippen LogP contribution in [0, 0.1) is 0 Å². The second kappa shape index (κ2) is 5.82. The third-order valence-electron chi connectivity index (χ3n) is 4.39. The Bertz CT molecular complexity index is 638. The van der Waals surface area contributed by atoms with E-state index < -0.39 is 5.41 Å². The maximum atomic E-state index is 13.1. The molecular formula is C18H16Cl2O. The lowest BCUT2D eigenvalue weighted by Crippen LogP contribution is -2.33. The fourth-order valence-corrected chi connectivity index (χ4v) is 3.52. The topological polar surface area (TPSA) is 17.1 Å². The molecule has 1 aliphatic carbocycles. The predicted molar refractivity (Wildman–Crippen MR) is 87.4 cm³/mol. The van der Waals surface area contributed by atoms with Gasteiger partial charge in [0.1, 0.15) is 0 Å². The van der Waals surface area contributed by atoms with E-state index in [0.29, 0.717) is 10.0 Å². The number of halogens is 2. The molecule has 0 saturated heterocycles. The lowest BCUT2D eigenvalue weighted by atomic mass is 9.73. The van der Waals surface area contributed by atoms with Crippen molar-refractivity contribution in [2.45, 2.75) is 31.1 Å². The minimum atomic E-state index is -0.404. The number of hydrogen-bond donors (Lipinski definition) is 0. The Kier molecular flexibility index (Phi) is 4.05. The van der Waals surface area contributed by atoms with Crippen molar-refractivity contribution in [1.82, 2.24) is 0 Å². The van der Waals surface area contributed by atoms with Crippen molar-refractivity contribution in [2.24, 2.45) is 0 Å². The second-order valence-electron chi connectivity index (χ2n) is 5.63. The van der Waals surface area contributed by atoms with Gasteiger partial charge in [-0.05, 0) is 54.8 Å². The highest BCUT2D eigenvalue weighted by Gasteiger charge is 2.42. The highest BCUT2D eigenvalue weighted by molar-refractivity contribution is 6.31. The Labute approximate surface area is 134 Å². The quantitative estimate of drug-likeness (QED) is 0.664. The van der Waals surface area contributed by atoms with Gasteiger partial charge in [0.15, 0.2) is 5.78 Å². The standard InChI is InChI=1S/C18H16Cl2O/c19-15-7-3-13(4-8-15)17(21)18(11-1-2-12-18)14-5-9-16(20)10-6-14/h3-10H,1-2,11-12H2. The van der Waals surface area contributed by atoms with Crippen LogP contribution in [0.3, 0.4) is 0 Å². The summed E-state index contributed by atoms with van der Waals surface area (Å²) in [6, 6.07) is 14.9. The van der Waals surface area contributed by atoms with Crippen LogP contribution >= 0.6 is 23.2 Å². The van der Waals surface area contributed by atoms with Gasteiger partial charge in [-0.2, -0.15) is 0 Å². The Hall–Kier alpha value is -1.31. The van der Waals surface area contributed by atoms with Crippen LogP contribution in [0.1, 0.15) is 41.6 Å². The normalized spacial score (nSPS) is 16.9. The third kappa shape index (κ3) is 2.73. The van der Waals surface area contributed by atoms with Crippen LogP contribution < -0.4 is 0 Å². The maximum absolute atomic E-state index is 13.1. The molecule has 0 N–H and O–H groups in total. The molecule has 21 heavy (non-hydrogen) atoms. The number of ketones is 1. The highest BCUT2D eigenvalue weighted by atomic mass is 35.5. The van der Waals surface area contributed by atoms with Crippen LogP contribution in [0.5, 0.6) is 0 Å². The fourth-order valence-electron chi connectivity index (χ4n) is 3.27. The number of benzene rings is 2. The van der Waals surface area contributed by atoms with E-state index in [9.17, 15) is 4.79 Å². The van der Waals surface area contributed by atoms with Crippen molar-refractivity contribution in [3.05, 3.63) is 69.7 Å². The Morgan fingerprint density at radius 1 is 0.810 bits per heavy atom. The van der Waals surface area contributed by atoms with Crippen molar-refractivity contribution in [1.29, 1.82) is 0 Å². The number of Topliss-reactive ketones (excluding diaryl/α,β-unsaturated/α-hetero) is 1. The lowest BCUT2D eigenvalue weighted by molar-refractivity contribution is 0.0886. The molecule has 0 amide bonds. The van der Waals surface area contributed by atoms with Gasteiger partial charge in [0.2, 0.25) is 0 Å². The average molecular weight is 319 g/mol. The van der Waals surface area contributed by atoms with E-state index in [4.69, 9.17) is 23.2 Å². The number of hydrogen-bond acceptors (Lipinski definition) is 1. The van der Waals surface area contributed by atoms with Crippen LogP contribution in [-0.2, 0) is 5.41 Å². The minimum absolute atomic E-state index is 0.194. The first-order valence-electron chi connectivity index (χ1n) is 7.18. The zero-order chi connectivity index (χ0) is 14.9. The summed E-state index contributed by atoms with van der Waals surface area (Å²) < 4.78 is 0. The fraction of sp³-hybridized carbons (Fsp3) is 0.278. The molecule has 0 aromatic heterocycles. The Morgan fingerprint density at radius 3 is 1.81 bits per heavy atom. The van der Waals surface area contributed by atoms with Gasteiger partial charge in [-0.25, -0.2) is 0 Å². The lowest BCUT2D eigenvalue weighted by Gasteiger charge is -2.28. The summed E-state index contributed by atoms with van der Waals surface area (Å²) >= 11 is 11.9. The average Bonchev–Trinajstić information content (AvgIpc) is 2.99. The van der Waals surface area contributed by atoms with Gasteiger partial charge in [-0.15, -0.1) is 0 Å². The monoisotopic (exact) mass is 318 g/mol. The maximum Gasteiger partial charge on any atom is 0.173 e. The Morgan fingerprint density at radius 2 is 1.29 bits per heavy atom. The molecule has 3 rings (SSSR count). The minimum Gasteiger partial charge on any atom is -0.293 e. The van der Waals surface area contributed by atoms with Gasteiger partial charge in [0.25, 0.3) is 0 Å². The third-order valence-corrected chi connectivity index (χ3v) is 4.90. The molecule has 0 spiro atoms. The summed E-state index contributed by atoms with van der Waals surface area (Å²) in [5.74, 6) is 0.194. The molecule has 2 aromatic rings. The molecule has 108 valence electrons. The van der Waals surface area contributed by atoms with Crippen LogP contribution in [0.15, 0.2) is 48.5 Å². The van der Waals surface area contributed by atoms with Crippen LogP contribution in [0.4, 0.5) is 0 Å². The summed E-state index contributed by atoms with van der Waals surface area (Å²) in [6.45, 7) is 0. The number of rotatable bonds is 3. The van der Waals surface area contributed by atoms with Crippen molar-refractivity contribution < 1.29 is 4.79 Å². The van der Waals surface area contributed by atoms with E-state index in [0.717, 1.165) is 36.8 Å². The molecule has 0 bridgehead atoms. The van der Waals surface area contributed by atoms with Gasteiger partial charge in [-0.3, -0.25) is 4.79 Å². The van der Waals surface area contributed by atoms with Crippen molar-refractivity contribution in [3.8, 4) is 0 Å². The van der Waals surface area contributed by atoms with E-state index in [1.165, 1.54) is 0 Å². The SMILES string of the molecule is O=C(c1ccc(Cl)cc1)C1(c2ccc(Cl)cc2)CCCC1. The first kappa shape index (κ1) is 14.6. The summed E-state index contributed by atoms with van der Waals surface area (Å²) in [5, 5.41) is 1.35. The van der Waals surface area contributed by atoms with E-state index in [2.05, 4.69) is 0 Å². The number of carbonyl (C=O) groups is 1. The molecule has 0 aliphatic heterocycles. The van der Waals surface area contributed by atoms with E-state index in [1.807, 2.05) is 36.4 Å². The van der Waals surface area contributed by atoms with Crippen LogP contribution in [-0.4, -0.2) is 5.78 Å². The molecule has 1 aliphatic rings. The summed E-state index contributed by atoms with van der Waals surface area (Å²) in [6.07, 6.45) is 3.97. The van der Waals surface area contributed by atoms with Crippen LogP contribution in [0.25, 0.3) is 0 Å². The summed E-state index contributed by atoms with van der Waals surface area (Å²) in [7, 11) is 0. The molecule has 2 aromatic carbocycles. The van der Waals surface area contributed by atoms with Gasteiger partial charge in [-0.1, -0.05) is 48.2 Å². The first-order chi connectivity index (χ1) is 10.1. The molecular weight excluding hydrogens is 303 g/mol. The molecule has 1 nitrogen and oxygen atoms in total. The summed E-state index contributed by atoms with van der Waals surface area (Å²) in [5.41, 5.74) is 1.40. The van der Waals surface area contributed by atoms with Crippen molar-refractivity contribution in [3.63, 3.8) is 0 Å². The smallest absolute Gasteiger partial charge is 0.173 e. The molecule has 1 saturated carbocycles. The van der Waals surface area contributed by atoms with Crippen molar-refractivity contribution in [2.75, 3.05) is 0 Å². The van der Waals surface area contributed by atoms with Crippen LogP contribution in [0.2, 0.25) is 10.0 Å². The van der Waals surface area contributed by atoms with E-state index >= 15 is 0 Å². The molecule has 0 radical (unpaired) electrons. The molecule has 0 heterocycles. The second-order valence-corrected chi connectivity index (χ2v) is 6.50. The number of carbonyl (C=O) groups excluding carboxylic acids is 1. The van der Waals surface area contributed by atoms with Gasteiger partial charge >= 0.3 is 0 Å². The van der Waals surface area contributed by atoms with Gasteiger partial charge in [0.05, 0.1) is 5.41 Å². The van der Waals surface area contributed by atoms with Gasteiger partial charge in [0, 0.05) is 15.6 Å². The predicted octanol–water partition coefficient (Wildman–Crippen LogP) is 5.69. The largest absolute Gasteiger partial charge is 0.293 e. The van der Waals surface area contributed by atoms with Gasteiger partial charge < -0.3 is 0 Å². The summed E-state index contributed by atoms with van der Waals surface area (Å²) in [4.78, 5) is 13.1. The first-order valence-corrected chi connectivity index (χ1v) is 7.94.